The van der Waals surface area contributed by atoms with Gasteiger partial charge in [0, 0.05) is 36.3 Å². The van der Waals surface area contributed by atoms with Gasteiger partial charge in [0.1, 0.15) is 0 Å². The number of nitrogens with one attached hydrogen (secondary N) is 2. The number of guanidine groups is 1. The predicted octanol–water partition coefficient (Wildman–Crippen LogP) is 2.75. The molecule has 0 fully saturated rings. The molecule has 0 unspecified atom stereocenters. The summed E-state index contributed by atoms with van der Waals surface area (Å²) in [4.78, 5) is 17.7. The first-order valence-electron chi connectivity index (χ1n) is 8.41. The SMILES string of the molecule is CCNC(=NCc1cccs1)NCCCCn1c(C)cccc1=O. The summed E-state index contributed by atoms with van der Waals surface area (Å²) in [5.74, 6) is 0.846. The van der Waals surface area contributed by atoms with Crippen LogP contribution in [-0.2, 0) is 13.1 Å². The van der Waals surface area contributed by atoms with Gasteiger partial charge >= 0.3 is 0 Å². The molecule has 6 heteroatoms. The molecule has 0 saturated carbocycles. The molecule has 2 aromatic rings. The Morgan fingerprint density at radius 3 is 2.79 bits per heavy atom. The Bertz CT molecular complexity index is 691. The molecule has 2 N–H and O–H groups in total. The van der Waals surface area contributed by atoms with E-state index in [0.29, 0.717) is 6.54 Å². The Kier molecular flexibility index (Phi) is 7.55. The highest BCUT2D eigenvalue weighted by Crippen LogP contribution is 2.09. The maximum Gasteiger partial charge on any atom is 0.250 e. The van der Waals surface area contributed by atoms with E-state index in [-0.39, 0.29) is 5.56 Å². The Morgan fingerprint density at radius 1 is 1.21 bits per heavy atom. The van der Waals surface area contributed by atoms with E-state index in [1.165, 1.54) is 4.88 Å². The molecule has 0 bridgehead atoms. The second-order valence-electron chi connectivity index (χ2n) is 5.57. The molecule has 5 nitrogen and oxygen atoms in total. The molecule has 0 saturated heterocycles. The molecule has 0 amide bonds. The molecule has 24 heavy (non-hydrogen) atoms. The van der Waals surface area contributed by atoms with Crippen LogP contribution in [0.15, 0.2) is 45.5 Å². The first-order valence-corrected chi connectivity index (χ1v) is 9.29. The topological polar surface area (TPSA) is 58.4 Å². The molecule has 130 valence electrons. The van der Waals surface area contributed by atoms with Crippen LogP contribution in [0.3, 0.4) is 0 Å². The summed E-state index contributed by atoms with van der Waals surface area (Å²) in [5, 5.41) is 8.68. The Hall–Kier alpha value is -2.08. The fourth-order valence-corrected chi connectivity index (χ4v) is 3.04. The van der Waals surface area contributed by atoms with Gasteiger partial charge in [0.05, 0.1) is 6.54 Å². The maximum absolute atomic E-state index is 11.8. The minimum Gasteiger partial charge on any atom is -0.357 e. The highest BCUT2D eigenvalue weighted by atomic mass is 32.1. The molecule has 2 heterocycles. The van der Waals surface area contributed by atoms with E-state index in [9.17, 15) is 4.79 Å². The van der Waals surface area contributed by atoms with Crippen LogP contribution in [0, 0.1) is 6.92 Å². The molecule has 0 aliphatic rings. The lowest BCUT2D eigenvalue weighted by atomic mass is 10.3. The normalized spacial score (nSPS) is 11.5. The average Bonchev–Trinajstić information content (AvgIpc) is 3.08. The van der Waals surface area contributed by atoms with Crippen molar-refractivity contribution in [3.63, 3.8) is 0 Å². The summed E-state index contributed by atoms with van der Waals surface area (Å²) >= 11 is 1.72. The van der Waals surface area contributed by atoms with Crippen molar-refractivity contribution in [1.82, 2.24) is 15.2 Å². The molecule has 0 aliphatic carbocycles. The van der Waals surface area contributed by atoms with E-state index in [2.05, 4.69) is 34.0 Å². The minimum atomic E-state index is 0.0776. The zero-order chi connectivity index (χ0) is 17.2. The molecular weight excluding hydrogens is 320 g/mol. The van der Waals surface area contributed by atoms with Gasteiger partial charge in [-0.1, -0.05) is 12.1 Å². The summed E-state index contributed by atoms with van der Waals surface area (Å²) < 4.78 is 1.83. The first-order chi connectivity index (χ1) is 11.7. The minimum absolute atomic E-state index is 0.0776. The zero-order valence-corrected chi connectivity index (χ0v) is 15.2. The van der Waals surface area contributed by atoms with Crippen LogP contribution in [0.5, 0.6) is 0 Å². The van der Waals surface area contributed by atoms with Gasteiger partial charge in [0.15, 0.2) is 5.96 Å². The van der Waals surface area contributed by atoms with E-state index >= 15 is 0 Å². The largest absolute Gasteiger partial charge is 0.357 e. The average molecular weight is 347 g/mol. The molecule has 2 aromatic heterocycles. The third kappa shape index (κ3) is 5.85. The van der Waals surface area contributed by atoms with Crippen LogP contribution < -0.4 is 16.2 Å². The standard InChI is InChI=1S/C18H26N4OS/c1-3-19-18(21-14-16-9-7-13-24-16)20-11-4-5-12-22-15(2)8-6-10-17(22)23/h6-10,13H,3-5,11-12,14H2,1-2H3,(H2,19,20,21). The van der Waals surface area contributed by atoms with Crippen molar-refractivity contribution in [2.45, 2.75) is 39.8 Å². The van der Waals surface area contributed by atoms with Crippen LogP contribution >= 0.6 is 11.3 Å². The number of thiophene rings is 1. The molecule has 0 aromatic carbocycles. The van der Waals surface area contributed by atoms with Crippen molar-refractivity contribution in [3.8, 4) is 0 Å². The highest BCUT2D eigenvalue weighted by Gasteiger charge is 2.00. The lowest BCUT2D eigenvalue weighted by molar-refractivity contribution is 0.575. The molecule has 0 radical (unpaired) electrons. The number of rotatable bonds is 8. The van der Waals surface area contributed by atoms with Crippen molar-refractivity contribution in [2.24, 2.45) is 4.99 Å². The van der Waals surface area contributed by atoms with E-state index < -0.39 is 0 Å². The lowest BCUT2D eigenvalue weighted by Gasteiger charge is -2.12. The number of aliphatic imine (C=N–C) groups is 1. The van der Waals surface area contributed by atoms with Gasteiger partial charge in [0.2, 0.25) is 0 Å². The van der Waals surface area contributed by atoms with E-state index in [4.69, 9.17) is 0 Å². The number of nitrogens with zero attached hydrogens (tertiary/aromatic N) is 2. The van der Waals surface area contributed by atoms with Crippen molar-refractivity contribution < 1.29 is 0 Å². The molecular formula is C18H26N4OS. The smallest absolute Gasteiger partial charge is 0.250 e. The number of pyridine rings is 1. The number of aromatic nitrogens is 1. The summed E-state index contributed by atoms with van der Waals surface area (Å²) in [7, 11) is 0. The van der Waals surface area contributed by atoms with Gasteiger partial charge in [-0.3, -0.25) is 4.79 Å². The molecule has 0 spiro atoms. The first kappa shape index (κ1) is 18.3. The quantitative estimate of drug-likeness (QED) is 0.439. The number of unbranched alkanes of at least 4 members (excludes halogenated alkanes) is 1. The second-order valence-corrected chi connectivity index (χ2v) is 6.60. The summed E-state index contributed by atoms with van der Waals surface area (Å²) in [6.07, 6.45) is 1.95. The van der Waals surface area contributed by atoms with Crippen molar-refractivity contribution in [2.75, 3.05) is 13.1 Å². The van der Waals surface area contributed by atoms with Gasteiger partial charge in [-0.15, -0.1) is 11.3 Å². The number of aryl methyl sites for hydroxylation is 1. The maximum atomic E-state index is 11.8. The van der Waals surface area contributed by atoms with Gasteiger partial charge < -0.3 is 15.2 Å². The summed E-state index contributed by atoms with van der Waals surface area (Å²) in [6.45, 7) is 7.18. The highest BCUT2D eigenvalue weighted by molar-refractivity contribution is 7.09. The van der Waals surface area contributed by atoms with Crippen molar-refractivity contribution in [1.29, 1.82) is 0 Å². The van der Waals surface area contributed by atoms with Gasteiger partial charge in [-0.05, 0) is 44.2 Å². The number of hydrogen-bond acceptors (Lipinski definition) is 3. The molecule has 0 atom stereocenters. The molecule has 2 rings (SSSR count). The molecule has 0 aliphatic heterocycles. The van der Waals surface area contributed by atoms with Crippen molar-refractivity contribution >= 4 is 17.3 Å². The van der Waals surface area contributed by atoms with E-state index in [1.807, 2.05) is 29.7 Å². The third-order valence-electron chi connectivity index (χ3n) is 3.69. The second kappa shape index (κ2) is 9.93. The van der Waals surface area contributed by atoms with Crippen LogP contribution in [0.1, 0.15) is 30.3 Å². The van der Waals surface area contributed by atoms with Crippen LogP contribution in [0.2, 0.25) is 0 Å². The Labute approximate surface area is 147 Å². The monoisotopic (exact) mass is 346 g/mol. The number of hydrogen-bond donors (Lipinski definition) is 2. The van der Waals surface area contributed by atoms with Crippen LogP contribution in [-0.4, -0.2) is 23.6 Å². The van der Waals surface area contributed by atoms with Crippen molar-refractivity contribution in [3.05, 3.63) is 56.6 Å². The summed E-state index contributed by atoms with van der Waals surface area (Å²) in [5.41, 5.74) is 1.09. The predicted molar refractivity (Wildman–Crippen MR) is 102 cm³/mol. The Morgan fingerprint density at radius 2 is 2.08 bits per heavy atom. The van der Waals surface area contributed by atoms with Gasteiger partial charge in [0.25, 0.3) is 5.56 Å². The van der Waals surface area contributed by atoms with Crippen LogP contribution in [0.25, 0.3) is 0 Å². The zero-order valence-electron chi connectivity index (χ0n) is 14.4. The van der Waals surface area contributed by atoms with Gasteiger partial charge in [-0.2, -0.15) is 0 Å². The Balaban J connectivity index is 1.74. The lowest BCUT2D eigenvalue weighted by Crippen LogP contribution is -2.37. The van der Waals surface area contributed by atoms with E-state index in [1.54, 1.807) is 17.4 Å². The summed E-state index contributed by atoms with van der Waals surface area (Å²) in [6, 6.07) is 9.54. The third-order valence-corrected chi connectivity index (χ3v) is 4.55. The fourth-order valence-electron chi connectivity index (χ4n) is 2.41. The van der Waals surface area contributed by atoms with Gasteiger partial charge in [-0.25, -0.2) is 4.99 Å². The fraction of sp³-hybridized carbons (Fsp3) is 0.444. The van der Waals surface area contributed by atoms with E-state index in [0.717, 1.165) is 44.1 Å². The van der Waals surface area contributed by atoms with Crippen LogP contribution in [0.4, 0.5) is 0 Å².